The van der Waals surface area contributed by atoms with Crippen LogP contribution in [0.1, 0.15) is 21.8 Å². The molecule has 1 fully saturated rings. The van der Waals surface area contributed by atoms with E-state index in [1.807, 2.05) is 13.0 Å². The molecule has 25 heavy (non-hydrogen) atoms. The predicted octanol–water partition coefficient (Wildman–Crippen LogP) is 1.38. The molecule has 0 aliphatic carbocycles. The Morgan fingerprint density at radius 1 is 1.32 bits per heavy atom. The van der Waals surface area contributed by atoms with Crippen molar-refractivity contribution in [1.29, 1.82) is 0 Å². The second kappa shape index (κ2) is 7.52. The van der Waals surface area contributed by atoms with E-state index in [-0.39, 0.29) is 23.7 Å². The van der Waals surface area contributed by atoms with Gasteiger partial charge in [0.2, 0.25) is 11.8 Å². The summed E-state index contributed by atoms with van der Waals surface area (Å²) in [5, 5.41) is 6.89. The van der Waals surface area contributed by atoms with E-state index >= 15 is 0 Å². The average Bonchev–Trinajstić information content (AvgIpc) is 3.23. The molecule has 0 bridgehead atoms. The first-order chi connectivity index (χ1) is 12.1. The zero-order chi connectivity index (χ0) is 17.8. The van der Waals surface area contributed by atoms with Gasteiger partial charge in [0, 0.05) is 24.5 Å². The molecule has 0 saturated carbocycles. The van der Waals surface area contributed by atoms with Crippen LogP contribution in [0.15, 0.2) is 22.7 Å². The van der Waals surface area contributed by atoms with Crippen LogP contribution in [-0.4, -0.2) is 49.5 Å². The normalized spacial score (nSPS) is 19.6. The Labute approximate surface area is 145 Å². The van der Waals surface area contributed by atoms with Crippen molar-refractivity contribution in [1.82, 2.24) is 15.5 Å². The van der Waals surface area contributed by atoms with Gasteiger partial charge in [0.15, 0.2) is 0 Å². The van der Waals surface area contributed by atoms with Crippen LogP contribution >= 0.6 is 0 Å². The first-order valence-electron chi connectivity index (χ1n) is 8.00. The van der Waals surface area contributed by atoms with Crippen LogP contribution in [0.5, 0.6) is 11.8 Å². The lowest BCUT2D eigenvalue weighted by atomic mass is 9.98. The first-order valence-corrected chi connectivity index (χ1v) is 8.00. The maximum atomic E-state index is 12.6. The topological polar surface area (TPSA) is 95.7 Å². The maximum absolute atomic E-state index is 12.6. The summed E-state index contributed by atoms with van der Waals surface area (Å²) in [7, 11) is 2.97. The zero-order valence-electron chi connectivity index (χ0n) is 14.4. The van der Waals surface area contributed by atoms with Crippen molar-refractivity contribution in [2.75, 3.05) is 27.4 Å². The van der Waals surface area contributed by atoms with Gasteiger partial charge >= 0.3 is 0 Å². The van der Waals surface area contributed by atoms with Gasteiger partial charge in [0.05, 0.1) is 39.2 Å². The Hall–Kier alpha value is -2.61. The minimum absolute atomic E-state index is 0.119. The fraction of sp³-hybridized carbons (Fsp3) is 0.471. The third-order valence-corrected chi connectivity index (χ3v) is 4.14. The average molecular weight is 347 g/mol. The molecule has 2 aromatic heterocycles. The molecule has 2 aromatic rings. The molecule has 0 aromatic carbocycles. The molecule has 0 radical (unpaired) electrons. The van der Waals surface area contributed by atoms with Crippen LogP contribution in [0.4, 0.5) is 0 Å². The predicted molar refractivity (Wildman–Crippen MR) is 87.8 cm³/mol. The summed E-state index contributed by atoms with van der Waals surface area (Å²) in [6, 6.07) is 5.03. The number of amides is 1. The molecule has 1 saturated heterocycles. The van der Waals surface area contributed by atoms with E-state index in [1.165, 1.54) is 14.2 Å². The maximum Gasteiger partial charge on any atom is 0.257 e. The second-order valence-corrected chi connectivity index (χ2v) is 5.93. The Balaban J connectivity index is 1.69. The van der Waals surface area contributed by atoms with Crippen molar-refractivity contribution in [2.45, 2.75) is 19.4 Å². The van der Waals surface area contributed by atoms with Crippen molar-refractivity contribution >= 4 is 5.91 Å². The number of carbonyl (C=O) groups excluding carboxylic acids is 1. The Morgan fingerprint density at radius 2 is 2.16 bits per heavy atom. The molecule has 2 unspecified atom stereocenters. The molecular weight excluding hydrogens is 326 g/mol. The summed E-state index contributed by atoms with van der Waals surface area (Å²) >= 11 is 0. The molecular formula is C17H21N3O5. The van der Waals surface area contributed by atoms with Crippen LogP contribution in [0.3, 0.4) is 0 Å². The highest BCUT2D eigenvalue weighted by Gasteiger charge is 2.31. The van der Waals surface area contributed by atoms with Crippen molar-refractivity contribution in [3.63, 3.8) is 0 Å². The fourth-order valence-corrected chi connectivity index (χ4v) is 2.84. The van der Waals surface area contributed by atoms with Gasteiger partial charge in [-0.2, -0.15) is 4.98 Å². The number of rotatable bonds is 6. The molecule has 2 atom stereocenters. The van der Waals surface area contributed by atoms with E-state index < -0.39 is 0 Å². The summed E-state index contributed by atoms with van der Waals surface area (Å²) in [6.45, 7) is 2.89. The lowest BCUT2D eigenvalue weighted by Crippen LogP contribution is -2.40. The number of ether oxygens (including phenoxy) is 3. The highest BCUT2D eigenvalue weighted by molar-refractivity contribution is 5.96. The van der Waals surface area contributed by atoms with Crippen molar-refractivity contribution < 1.29 is 23.5 Å². The molecule has 1 aliphatic heterocycles. The van der Waals surface area contributed by atoms with Gasteiger partial charge in [-0.3, -0.25) is 4.79 Å². The van der Waals surface area contributed by atoms with Crippen LogP contribution in [0.2, 0.25) is 0 Å². The summed E-state index contributed by atoms with van der Waals surface area (Å²) in [4.78, 5) is 16.8. The number of carbonyl (C=O) groups is 1. The van der Waals surface area contributed by atoms with Gasteiger partial charge < -0.3 is 24.1 Å². The standard InChI is InChI=1S/C17H21N3O5/c1-10-6-12(25-20-10)7-11-8-24-9-14(11)18-16(21)13-4-5-15(22-2)19-17(13)23-3/h4-6,11,14H,7-9H2,1-3H3,(H,18,21). The van der Waals surface area contributed by atoms with Crippen molar-refractivity contribution in [3.8, 4) is 11.8 Å². The summed E-state index contributed by atoms with van der Waals surface area (Å²) in [6.07, 6.45) is 0.657. The van der Waals surface area contributed by atoms with E-state index in [2.05, 4.69) is 15.5 Å². The van der Waals surface area contributed by atoms with Gasteiger partial charge in [-0.05, 0) is 13.0 Å². The summed E-state index contributed by atoms with van der Waals surface area (Å²) < 4.78 is 21.0. The number of methoxy groups -OCH3 is 2. The third kappa shape index (κ3) is 3.90. The largest absolute Gasteiger partial charge is 0.481 e. The molecule has 1 N–H and O–H groups in total. The zero-order valence-corrected chi connectivity index (χ0v) is 14.4. The summed E-state index contributed by atoms with van der Waals surface area (Å²) in [5.41, 5.74) is 1.19. The highest BCUT2D eigenvalue weighted by Crippen LogP contribution is 2.23. The van der Waals surface area contributed by atoms with E-state index in [0.29, 0.717) is 31.1 Å². The van der Waals surface area contributed by atoms with E-state index in [1.54, 1.807) is 12.1 Å². The van der Waals surface area contributed by atoms with E-state index in [0.717, 1.165) is 11.5 Å². The van der Waals surface area contributed by atoms with Gasteiger partial charge in [0.25, 0.3) is 5.91 Å². The monoisotopic (exact) mass is 347 g/mol. The quantitative estimate of drug-likeness (QED) is 0.843. The van der Waals surface area contributed by atoms with Crippen LogP contribution in [0, 0.1) is 12.8 Å². The number of pyridine rings is 1. The number of aryl methyl sites for hydroxylation is 1. The SMILES string of the molecule is COc1ccc(C(=O)NC2COCC2Cc2cc(C)no2)c(OC)n1. The lowest BCUT2D eigenvalue weighted by molar-refractivity contribution is 0.0920. The van der Waals surface area contributed by atoms with Gasteiger partial charge in [-0.25, -0.2) is 0 Å². The second-order valence-electron chi connectivity index (χ2n) is 5.93. The van der Waals surface area contributed by atoms with Crippen molar-refractivity contribution in [2.24, 2.45) is 5.92 Å². The van der Waals surface area contributed by atoms with E-state index in [9.17, 15) is 4.79 Å². The Kier molecular flexibility index (Phi) is 5.18. The van der Waals surface area contributed by atoms with Crippen LogP contribution < -0.4 is 14.8 Å². The van der Waals surface area contributed by atoms with Crippen molar-refractivity contribution in [3.05, 3.63) is 35.2 Å². The van der Waals surface area contributed by atoms with Gasteiger partial charge in [-0.1, -0.05) is 5.16 Å². The van der Waals surface area contributed by atoms with Gasteiger partial charge in [0.1, 0.15) is 11.3 Å². The molecule has 3 heterocycles. The molecule has 134 valence electrons. The fourth-order valence-electron chi connectivity index (χ4n) is 2.84. The lowest BCUT2D eigenvalue weighted by Gasteiger charge is -2.18. The molecule has 1 aliphatic rings. The number of hydrogen-bond acceptors (Lipinski definition) is 7. The molecule has 8 nitrogen and oxygen atoms in total. The number of hydrogen-bond donors (Lipinski definition) is 1. The molecule has 1 amide bonds. The minimum atomic E-state index is -0.263. The smallest absolute Gasteiger partial charge is 0.257 e. The van der Waals surface area contributed by atoms with E-state index in [4.69, 9.17) is 18.7 Å². The molecule has 8 heteroatoms. The molecule has 3 rings (SSSR count). The number of nitrogens with one attached hydrogen (secondary N) is 1. The Bertz CT molecular complexity index is 746. The minimum Gasteiger partial charge on any atom is -0.481 e. The third-order valence-electron chi connectivity index (χ3n) is 4.14. The highest BCUT2D eigenvalue weighted by atomic mass is 16.5. The first kappa shape index (κ1) is 17.2. The van der Waals surface area contributed by atoms with Gasteiger partial charge in [-0.15, -0.1) is 0 Å². The molecule has 0 spiro atoms. The Morgan fingerprint density at radius 3 is 2.84 bits per heavy atom. The number of aromatic nitrogens is 2. The van der Waals surface area contributed by atoms with Crippen LogP contribution in [0.25, 0.3) is 0 Å². The summed E-state index contributed by atoms with van der Waals surface area (Å²) in [5.74, 6) is 1.25. The number of nitrogens with zero attached hydrogens (tertiary/aromatic N) is 2. The van der Waals surface area contributed by atoms with Crippen LogP contribution in [-0.2, 0) is 11.2 Å².